The van der Waals surface area contributed by atoms with Crippen molar-refractivity contribution in [3.63, 3.8) is 0 Å². The molecule has 0 amide bonds. The molecule has 0 aliphatic rings. The van der Waals surface area contributed by atoms with Gasteiger partial charge < -0.3 is 4.43 Å². The minimum Gasteiger partial charge on any atom is -0.546 e. The van der Waals surface area contributed by atoms with Gasteiger partial charge in [0.2, 0.25) is 9.04 Å². The standard InChI is InChI=1S/C15H21N3OSi/c1-11-7-6-8-14(19-20(4)5)15(11)17-12(2)13-9-16-18(3)10-13/h6-10,20H,1-5H3. The molecule has 0 saturated heterocycles. The Morgan fingerprint density at radius 1 is 1.35 bits per heavy atom. The lowest BCUT2D eigenvalue weighted by molar-refractivity contribution is 0.581. The van der Waals surface area contributed by atoms with Crippen molar-refractivity contribution in [2.45, 2.75) is 26.9 Å². The van der Waals surface area contributed by atoms with Crippen molar-refractivity contribution in [3.05, 3.63) is 41.7 Å². The van der Waals surface area contributed by atoms with E-state index >= 15 is 0 Å². The lowest BCUT2D eigenvalue weighted by Gasteiger charge is -2.14. The highest BCUT2D eigenvalue weighted by Gasteiger charge is 2.09. The van der Waals surface area contributed by atoms with Gasteiger partial charge in [-0.15, -0.1) is 0 Å². The molecule has 0 aliphatic carbocycles. The monoisotopic (exact) mass is 287 g/mol. The summed E-state index contributed by atoms with van der Waals surface area (Å²) in [6, 6.07) is 6.07. The number of para-hydroxylation sites is 1. The SMILES string of the molecule is CC(=Nc1c(C)cccc1O[SiH](C)C)c1cnn(C)c1. The van der Waals surface area contributed by atoms with Gasteiger partial charge in [-0.2, -0.15) is 5.10 Å². The van der Waals surface area contributed by atoms with Crippen LogP contribution in [0.2, 0.25) is 13.1 Å². The lowest BCUT2D eigenvalue weighted by atomic mass is 10.1. The zero-order valence-electron chi connectivity index (χ0n) is 12.7. The summed E-state index contributed by atoms with van der Waals surface area (Å²) >= 11 is 0. The molecule has 5 heteroatoms. The number of hydrogen-bond donors (Lipinski definition) is 0. The summed E-state index contributed by atoms with van der Waals surface area (Å²) in [4.78, 5) is 4.76. The van der Waals surface area contributed by atoms with Crippen LogP contribution in [0.5, 0.6) is 5.75 Å². The van der Waals surface area contributed by atoms with Crippen molar-refractivity contribution in [1.29, 1.82) is 0 Å². The summed E-state index contributed by atoms with van der Waals surface area (Å²) < 4.78 is 7.76. The number of aliphatic imine (C=N–C) groups is 1. The molecular weight excluding hydrogens is 266 g/mol. The van der Waals surface area contributed by atoms with Gasteiger partial charge in [-0.3, -0.25) is 4.68 Å². The van der Waals surface area contributed by atoms with Gasteiger partial charge in [0.15, 0.2) is 0 Å². The normalized spacial score (nSPS) is 12.0. The molecule has 2 aromatic rings. The minimum absolute atomic E-state index is 0.884. The third-order valence-corrected chi connectivity index (χ3v) is 3.69. The summed E-state index contributed by atoms with van der Waals surface area (Å²) in [5, 5.41) is 4.18. The van der Waals surface area contributed by atoms with Crippen molar-refractivity contribution >= 4 is 20.4 Å². The Kier molecular flexibility index (Phi) is 4.39. The van der Waals surface area contributed by atoms with Crippen LogP contribution in [0.1, 0.15) is 18.1 Å². The lowest BCUT2D eigenvalue weighted by Crippen LogP contribution is -2.11. The number of aromatic nitrogens is 2. The van der Waals surface area contributed by atoms with Crippen molar-refractivity contribution in [2.75, 3.05) is 0 Å². The second kappa shape index (κ2) is 6.05. The number of aryl methyl sites for hydroxylation is 2. The van der Waals surface area contributed by atoms with E-state index in [1.54, 1.807) is 4.68 Å². The quantitative estimate of drug-likeness (QED) is 0.640. The molecule has 0 spiro atoms. The first kappa shape index (κ1) is 14.5. The summed E-state index contributed by atoms with van der Waals surface area (Å²) in [5.74, 6) is 0.884. The molecule has 106 valence electrons. The molecular formula is C15H21N3OSi. The molecule has 2 rings (SSSR count). The third kappa shape index (κ3) is 3.36. The van der Waals surface area contributed by atoms with Gasteiger partial charge in [0, 0.05) is 24.5 Å². The average Bonchev–Trinajstić information content (AvgIpc) is 2.79. The smallest absolute Gasteiger partial charge is 0.229 e. The molecule has 4 nitrogen and oxygen atoms in total. The molecule has 1 heterocycles. The van der Waals surface area contributed by atoms with Crippen LogP contribution < -0.4 is 4.43 Å². The average molecular weight is 287 g/mol. The highest BCUT2D eigenvalue weighted by molar-refractivity contribution is 6.49. The molecule has 0 aliphatic heterocycles. The second-order valence-electron chi connectivity index (χ2n) is 5.19. The maximum Gasteiger partial charge on any atom is 0.229 e. The van der Waals surface area contributed by atoms with Crippen molar-refractivity contribution in [2.24, 2.45) is 12.0 Å². The van der Waals surface area contributed by atoms with Crippen molar-refractivity contribution < 1.29 is 4.43 Å². The maximum atomic E-state index is 5.98. The third-order valence-electron chi connectivity index (χ3n) is 2.97. The van der Waals surface area contributed by atoms with Gasteiger partial charge in [-0.1, -0.05) is 12.1 Å². The van der Waals surface area contributed by atoms with Gasteiger partial charge in [-0.05, 0) is 38.6 Å². The van der Waals surface area contributed by atoms with Crippen LogP contribution in [0.25, 0.3) is 0 Å². The molecule has 1 aromatic carbocycles. The fourth-order valence-electron chi connectivity index (χ4n) is 1.96. The van der Waals surface area contributed by atoms with Crippen LogP contribution in [0, 0.1) is 6.92 Å². The summed E-state index contributed by atoms with van der Waals surface area (Å²) in [6.45, 7) is 8.37. The Bertz CT molecular complexity index is 632. The van der Waals surface area contributed by atoms with Gasteiger partial charge >= 0.3 is 0 Å². The number of hydrogen-bond acceptors (Lipinski definition) is 3. The molecule has 0 N–H and O–H groups in total. The first-order chi connectivity index (χ1) is 9.47. The molecule has 1 aromatic heterocycles. The summed E-state index contributed by atoms with van der Waals surface area (Å²) in [7, 11) is 0.760. The molecule has 20 heavy (non-hydrogen) atoms. The van der Waals surface area contributed by atoms with E-state index in [9.17, 15) is 0 Å². The van der Waals surface area contributed by atoms with Crippen LogP contribution in [0.4, 0.5) is 5.69 Å². The zero-order valence-corrected chi connectivity index (χ0v) is 13.9. The van der Waals surface area contributed by atoms with Crippen molar-refractivity contribution in [3.8, 4) is 5.75 Å². The Balaban J connectivity index is 2.41. The molecule has 0 bridgehead atoms. The Morgan fingerprint density at radius 3 is 2.70 bits per heavy atom. The van der Waals surface area contributed by atoms with Crippen LogP contribution in [-0.4, -0.2) is 24.5 Å². The zero-order chi connectivity index (χ0) is 14.7. The number of benzene rings is 1. The first-order valence-electron chi connectivity index (χ1n) is 6.78. The van der Waals surface area contributed by atoms with E-state index < -0.39 is 9.04 Å². The van der Waals surface area contributed by atoms with E-state index in [0.717, 1.165) is 28.3 Å². The largest absolute Gasteiger partial charge is 0.546 e. The maximum absolute atomic E-state index is 5.98. The molecule has 0 saturated carbocycles. The summed E-state index contributed by atoms with van der Waals surface area (Å²) in [5.41, 5.74) is 4.03. The second-order valence-corrected chi connectivity index (χ2v) is 7.52. The minimum atomic E-state index is -1.15. The predicted molar refractivity (Wildman–Crippen MR) is 85.8 cm³/mol. The van der Waals surface area contributed by atoms with Gasteiger partial charge in [-0.25, -0.2) is 4.99 Å². The van der Waals surface area contributed by atoms with Gasteiger partial charge in [0.05, 0.1) is 6.20 Å². The van der Waals surface area contributed by atoms with Crippen LogP contribution in [0.15, 0.2) is 35.6 Å². The Hall–Kier alpha value is -1.88. The van der Waals surface area contributed by atoms with Gasteiger partial charge in [0.25, 0.3) is 0 Å². The van der Waals surface area contributed by atoms with Crippen LogP contribution in [-0.2, 0) is 7.05 Å². The Labute approximate surface area is 121 Å². The fourth-order valence-corrected chi connectivity index (χ4v) is 2.66. The van der Waals surface area contributed by atoms with E-state index in [2.05, 4.69) is 31.2 Å². The number of rotatable bonds is 4. The highest BCUT2D eigenvalue weighted by atomic mass is 28.3. The molecule has 0 fully saturated rings. The van der Waals surface area contributed by atoms with E-state index in [1.807, 2.05) is 38.5 Å². The first-order valence-corrected chi connectivity index (χ1v) is 9.56. The Morgan fingerprint density at radius 2 is 2.10 bits per heavy atom. The van der Waals surface area contributed by atoms with Crippen LogP contribution >= 0.6 is 0 Å². The van der Waals surface area contributed by atoms with Crippen molar-refractivity contribution in [1.82, 2.24) is 9.78 Å². The fraction of sp³-hybridized carbons (Fsp3) is 0.333. The highest BCUT2D eigenvalue weighted by Crippen LogP contribution is 2.32. The van der Waals surface area contributed by atoms with Crippen LogP contribution in [0.3, 0.4) is 0 Å². The number of nitrogens with zero attached hydrogens (tertiary/aromatic N) is 3. The van der Waals surface area contributed by atoms with Gasteiger partial charge in [0.1, 0.15) is 11.4 Å². The van der Waals surface area contributed by atoms with E-state index in [4.69, 9.17) is 9.42 Å². The molecule has 0 atom stereocenters. The molecule has 0 radical (unpaired) electrons. The van der Waals surface area contributed by atoms with E-state index in [-0.39, 0.29) is 0 Å². The van der Waals surface area contributed by atoms with E-state index in [1.165, 1.54) is 0 Å². The summed E-state index contributed by atoms with van der Waals surface area (Å²) in [6.07, 6.45) is 3.80. The topological polar surface area (TPSA) is 39.4 Å². The predicted octanol–water partition coefficient (Wildman–Crippen LogP) is 3.23. The van der Waals surface area contributed by atoms with E-state index in [0.29, 0.717) is 0 Å². The molecule has 0 unspecified atom stereocenters.